The average Bonchev–Trinajstić information content (AvgIpc) is 3.51. The molecule has 1 amide bonds. The van der Waals surface area contributed by atoms with E-state index in [0.29, 0.717) is 52.5 Å². The molecule has 44 heavy (non-hydrogen) atoms. The lowest BCUT2D eigenvalue weighted by molar-refractivity contribution is -0.653. The normalized spacial score (nSPS) is 19.3. The summed E-state index contributed by atoms with van der Waals surface area (Å²) < 4.78 is 58.0. The van der Waals surface area contributed by atoms with Crippen molar-refractivity contribution in [3.05, 3.63) is 48.2 Å². The minimum Gasteiger partial charge on any atom is -0.476 e. The van der Waals surface area contributed by atoms with Crippen LogP contribution in [0.4, 0.5) is 24.8 Å². The highest BCUT2D eigenvalue weighted by atomic mass is 32.2. The number of anilines is 2. The maximum atomic E-state index is 13.2. The van der Waals surface area contributed by atoms with Crippen molar-refractivity contribution in [3.8, 4) is 11.7 Å². The van der Waals surface area contributed by atoms with Gasteiger partial charge in [0.1, 0.15) is 16.4 Å². The Bertz CT molecular complexity index is 1460. The molecule has 2 aliphatic rings. The molecule has 1 saturated carbocycles. The van der Waals surface area contributed by atoms with Gasteiger partial charge in [-0.2, -0.15) is 13.2 Å². The average molecular weight is 635 g/mol. The van der Waals surface area contributed by atoms with Gasteiger partial charge >= 0.3 is 6.18 Å². The molecule has 238 valence electrons. The van der Waals surface area contributed by atoms with Gasteiger partial charge in [-0.3, -0.25) is 9.69 Å². The van der Waals surface area contributed by atoms with Gasteiger partial charge in [-0.05, 0) is 76.0 Å². The molecule has 1 unspecified atom stereocenters. The summed E-state index contributed by atoms with van der Waals surface area (Å²) in [6.07, 6.45) is 1.20. The van der Waals surface area contributed by atoms with Crippen LogP contribution in [-0.2, 0) is 7.05 Å². The number of nitrogens with zero attached hydrogens (tertiary/aromatic N) is 5. The van der Waals surface area contributed by atoms with Crippen LogP contribution < -0.4 is 25.3 Å². The molecule has 0 radical (unpaired) electrons. The molecule has 5 rings (SSSR count). The summed E-state index contributed by atoms with van der Waals surface area (Å²) >= 11 is 0.618. The predicted molar refractivity (Wildman–Crippen MR) is 161 cm³/mol. The van der Waals surface area contributed by atoms with Gasteiger partial charge in [0.05, 0.1) is 37.9 Å². The molecule has 14 heteroatoms. The number of hydrogen-bond donors (Lipinski definition) is 3. The topological polar surface area (TPSA) is 122 Å². The van der Waals surface area contributed by atoms with Gasteiger partial charge in [-0.1, -0.05) is 11.2 Å². The summed E-state index contributed by atoms with van der Waals surface area (Å²) in [6, 6.07) is 10.8. The number of primary amides is 1. The minimum absolute atomic E-state index is 0.0601. The fourth-order valence-electron chi connectivity index (χ4n) is 6.15. The molecule has 1 aliphatic carbocycles. The number of nitrogens with one attached hydrogen (secondary N) is 1. The van der Waals surface area contributed by atoms with Crippen LogP contribution in [0.1, 0.15) is 62.2 Å². The maximum absolute atomic E-state index is 13.2. The van der Waals surface area contributed by atoms with Crippen molar-refractivity contribution in [2.75, 3.05) is 29.9 Å². The highest BCUT2D eigenvalue weighted by Crippen LogP contribution is 2.60. The number of hydrogen-bond acceptors (Lipinski definition) is 8. The lowest BCUT2D eigenvalue weighted by atomic mass is 10.0. The Morgan fingerprint density at radius 1 is 1.25 bits per heavy atom. The molecular weight excluding hydrogens is 595 g/mol. The number of halogens is 3. The van der Waals surface area contributed by atoms with E-state index in [2.05, 4.69) is 27.2 Å². The summed E-state index contributed by atoms with van der Waals surface area (Å²) in [5, 5.41) is 8.34. The zero-order chi connectivity index (χ0) is 31.5. The smallest absolute Gasteiger partial charge is 0.394 e. The first-order valence-electron chi connectivity index (χ1n) is 14.9. The Labute approximate surface area is 259 Å². The Morgan fingerprint density at radius 3 is 2.75 bits per heavy atom. The van der Waals surface area contributed by atoms with Crippen LogP contribution in [0.2, 0.25) is 0 Å². The molecule has 2 fully saturated rings. The zero-order valence-electron chi connectivity index (χ0n) is 24.9. The highest BCUT2D eigenvalue weighted by molar-refractivity contribution is 7.93. The fraction of sp³-hybridized carbons (Fsp3) is 0.533. The fourth-order valence-corrected chi connectivity index (χ4v) is 6.42. The van der Waals surface area contributed by atoms with Crippen molar-refractivity contribution in [2.24, 2.45) is 24.1 Å². The van der Waals surface area contributed by atoms with Gasteiger partial charge in [0.2, 0.25) is 11.7 Å². The van der Waals surface area contributed by atoms with Crippen molar-refractivity contribution in [2.45, 2.75) is 69.1 Å². The Hall–Kier alpha value is -3.52. The van der Waals surface area contributed by atoms with Crippen LogP contribution >= 0.6 is 12.0 Å². The van der Waals surface area contributed by atoms with Crippen molar-refractivity contribution in [1.82, 2.24) is 14.8 Å². The third kappa shape index (κ3) is 7.06. The molecule has 10 nitrogen and oxygen atoms in total. The summed E-state index contributed by atoms with van der Waals surface area (Å²) in [7, 11) is 1.86. The molecule has 2 atom stereocenters. The van der Waals surface area contributed by atoms with E-state index in [1.54, 1.807) is 35.1 Å². The van der Waals surface area contributed by atoms with E-state index in [9.17, 15) is 22.5 Å². The molecule has 1 aliphatic heterocycles. The van der Waals surface area contributed by atoms with Crippen LogP contribution in [0.5, 0.6) is 5.88 Å². The number of nitrogens with two attached hydrogens (primary N) is 1. The van der Waals surface area contributed by atoms with E-state index in [4.69, 9.17) is 10.5 Å². The van der Waals surface area contributed by atoms with Gasteiger partial charge in [0.15, 0.2) is 0 Å². The number of carbonyl (C=O) groups excluding carboxylic acids is 1. The van der Waals surface area contributed by atoms with E-state index in [1.807, 2.05) is 23.7 Å². The second-order valence-corrected chi connectivity index (χ2v) is 12.4. The van der Waals surface area contributed by atoms with E-state index in [-0.39, 0.29) is 31.9 Å². The number of ether oxygens (including phenoxy) is 1. The number of pyridine rings is 2. The SMILES string of the molecule is CC1C[C@@H](CCCNc2cccc(SO)n2)CN1c1c(C(N)=O)ccc(-n2ccc(OCCCC3(C(F)(F)F)CC3)n2)[n+]1C. The van der Waals surface area contributed by atoms with Gasteiger partial charge < -0.3 is 20.3 Å². The lowest BCUT2D eigenvalue weighted by Crippen LogP contribution is -2.46. The van der Waals surface area contributed by atoms with Crippen molar-refractivity contribution >= 4 is 29.6 Å². The van der Waals surface area contributed by atoms with Gasteiger partial charge in [0, 0.05) is 30.7 Å². The van der Waals surface area contributed by atoms with Crippen LogP contribution in [0, 0.1) is 11.3 Å². The first-order valence-corrected chi connectivity index (χ1v) is 15.7. The molecule has 3 aromatic rings. The quantitative estimate of drug-likeness (QED) is 0.123. The first-order chi connectivity index (χ1) is 21.0. The van der Waals surface area contributed by atoms with Crippen molar-refractivity contribution in [3.63, 3.8) is 0 Å². The predicted octanol–water partition coefficient (Wildman–Crippen LogP) is 5.36. The van der Waals surface area contributed by atoms with E-state index >= 15 is 0 Å². The second-order valence-electron chi connectivity index (χ2n) is 11.8. The molecule has 1 saturated heterocycles. The van der Waals surface area contributed by atoms with Crippen LogP contribution in [0.15, 0.2) is 47.6 Å². The van der Waals surface area contributed by atoms with Gasteiger partial charge in [-0.15, -0.1) is 4.68 Å². The summed E-state index contributed by atoms with van der Waals surface area (Å²) in [5.74, 6) is 2.34. The maximum Gasteiger partial charge on any atom is 0.394 e. The van der Waals surface area contributed by atoms with Crippen molar-refractivity contribution < 1.29 is 31.8 Å². The first kappa shape index (κ1) is 31.9. The number of aromatic nitrogens is 4. The summed E-state index contributed by atoms with van der Waals surface area (Å²) in [5.41, 5.74) is 4.69. The highest BCUT2D eigenvalue weighted by Gasteiger charge is 2.62. The molecule has 0 bridgehead atoms. The third-order valence-electron chi connectivity index (χ3n) is 8.72. The molecule has 4 heterocycles. The third-order valence-corrected chi connectivity index (χ3v) is 9.13. The second kappa shape index (κ2) is 13.2. The number of alkyl halides is 3. The Balaban J connectivity index is 1.21. The van der Waals surface area contributed by atoms with Crippen LogP contribution in [0.3, 0.4) is 0 Å². The van der Waals surface area contributed by atoms with Crippen LogP contribution in [0.25, 0.3) is 5.82 Å². The largest absolute Gasteiger partial charge is 0.476 e. The van der Waals surface area contributed by atoms with Crippen LogP contribution in [-0.4, -0.2) is 57.1 Å². The van der Waals surface area contributed by atoms with Gasteiger partial charge in [0.25, 0.3) is 11.7 Å². The minimum atomic E-state index is -4.16. The van der Waals surface area contributed by atoms with E-state index < -0.39 is 17.5 Å². The zero-order valence-corrected chi connectivity index (χ0v) is 25.7. The summed E-state index contributed by atoms with van der Waals surface area (Å²) in [6.45, 7) is 3.81. The number of rotatable bonds is 14. The lowest BCUT2D eigenvalue weighted by Gasteiger charge is -2.23. The number of amides is 1. The number of carbonyl (C=O) groups is 1. The molecule has 0 aromatic carbocycles. The molecular formula is C30H39F3N7O3S+. The molecule has 0 spiro atoms. The van der Waals surface area contributed by atoms with Crippen molar-refractivity contribution in [1.29, 1.82) is 0 Å². The monoisotopic (exact) mass is 634 g/mol. The van der Waals surface area contributed by atoms with Gasteiger partial charge in [-0.25, -0.2) is 9.55 Å². The Morgan fingerprint density at radius 2 is 2.05 bits per heavy atom. The summed E-state index contributed by atoms with van der Waals surface area (Å²) in [4.78, 5) is 19.0. The molecule has 4 N–H and O–H groups in total. The van der Waals surface area contributed by atoms with E-state index in [0.717, 1.165) is 38.2 Å². The Kier molecular flexibility index (Phi) is 9.59. The molecule has 3 aromatic heterocycles. The van der Waals surface area contributed by atoms with E-state index in [1.165, 1.54) is 0 Å². The standard InChI is InChI=1S/C30H38F3N7O3S/c1-20-18-21(6-4-15-35-23-7-3-8-25(36-23)44-42)19-39(20)28-22(27(34)41)9-10-26(38(28)2)40-16-11-24(37-40)43-17-5-12-29(13-14-29)30(31,32)33/h3,7-11,16,20-21H,4-6,12-15,17-19H2,1-2H3,(H3-,34,35,36,41,42)/p+1/t20?,21-/m1/s1.